The van der Waals surface area contributed by atoms with Gasteiger partial charge in [-0.2, -0.15) is 0 Å². The minimum Gasteiger partial charge on any atom is -0.450 e. The fourth-order valence-electron chi connectivity index (χ4n) is 2.59. The highest BCUT2D eigenvalue weighted by molar-refractivity contribution is 6.31. The molecule has 0 aliphatic carbocycles. The first-order valence-electron chi connectivity index (χ1n) is 5.70. The summed E-state index contributed by atoms with van der Waals surface area (Å²) in [6.07, 6.45) is 3.36. The largest absolute Gasteiger partial charge is 0.450 e. The molecule has 2 aliphatic heterocycles. The summed E-state index contributed by atoms with van der Waals surface area (Å²) in [5.74, 6) is 0. The van der Waals surface area contributed by atoms with Crippen LogP contribution in [0.25, 0.3) is 0 Å². The van der Waals surface area contributed by atoms with Gasteiger partial charge in [0, 0.05) is 23.1 Å². The summed E-state index contributed by atoms with van der Waals surface area (Å²) >= 11 is 6.14. The van der Waals surface area contributed by atoms with Crippen LogP contribution in [0.1, 0.15) is 26.2 Å². The van der Waals surface area contributed by atoms with Crippen LogP contribution in [0.4, 0.5) is 4.79 Å². The Balaban J connectivity index is 2.25. The van der Waals surface area contributed by atoms with Crippen molar-refractivity contribution in [2.75, 3.05) is 6.61 Å². The van der Waals surface area contributed by atoms with Gasteiger partial charge in [0.1, 0.15) is 0 Å². The molecule has 0 radical (unpaired) electrons. The molecule has 1 saturated heterocycles. The number of ether oxygens (including phenoxy) is 1. The van der Waals surface area contributed by atoms with Gasteiger partial charge in [-0.3, -0.25) is 4.90 Å². The summed E-state index contributed by atoms with van der Waals surface area (Å²) in [4.78, 5) is 13.6. The number of rotatable bonds is 2. The van der Waals surface area contributed by atoms with Crippen LogP contribution in [-0.4, -0.2) is 41.1 Å². The predicted octanol–water partition coefficient (Wildman–Crippen LogP) is 2.33. The summed E-state index contributed by atoms with van der Waals surface area (Å²) in [6.45, 7) is 2.14. The van der Waals surface area contributed by atoms with Crippen LogP contribution < -0.4 is 0 Å². The molecule has 0 saturated carbocycles. The molecule has 2 aliphatic rings. The topological polar surface area (TPSA) is 62.1 Å². The Labute approximate surface area is 105 Å². The van der Waals surface area contributed by atoms with Gasteiger partial charge in [-0.05, 0) is 19.8 Å². The van der Waals surface area contributed by atoms with Crippen LogP contribution in [0.2, 0.25) is 0 Å². The zero-order chi connectivity index (χ0) is 12.4. The smallest absolute Gasteiger partial charge is 0.410 e. The van der Waals surface area contributed by atoms with Gasteiger partial charge in [-0.15, -0.1) is 0 Å². The SMILES string of the molecule is CCOC(=O)N1C2CCC1C(C=NO)=C(Cl)C2. The zero-order valence-electron chi connectivity index (χ0n) is 9.60. The van der Waals surface area contributed by atoms with Crippen molar-refractivity contribution in [3.8, 4) is 0 Å². The number of oxime groups is 1. The zero-order valence-corrected chi connectivity index (χ0v) is 10.4. The molecule has 5 nitrogen and oxygen atoms in total. The van der Waals surface area contributed by atoms with Gasteiger partial charge in [0.2, 0.25) is 0 Å². The fourth-order valence-corrected chi connectivity index (χ4v) is 2.94. The Bertz CT molecular complexity index is 381. The summed E-state index contributed by atoms with van der Waals surface area (Å²) in [5.41, 5.74) is 0.718. The molecular weight excluding hydrogens is 244 g/mol. The third kappa shape index (κ3) is 2.11. The van der Waals surface area contributed by atoms with Crippen molar-refractivity contribution < 1.29 is 14.7 Å². The molecule has 0 spiro atoms. The van der Waals surface area contributed by atoms with Crippen molar-refractivity contribution in [2.24, 2.45) is 5.16 Å². The first kappa shape index (κ1) is 12.2. The lowest BCUT2D eigenvalue weighted by atomic mass is 10.0. The van der Waals surface area contributed by atoms with Crippen molar-refractivity contribution in [1.82, 2.24) is 4.90 Å². The van der Waals surface area contributed by atoms with E-state index in [9.17, 15) is 4.79 Å². The maximum atomic E-state index is 11.8. The third-order valence-corrected chi connectivity index (χ3v) is 3.64. The van der Waals surface area contributed by atoms with Gasteiger partial charge in [0.05, 0.1) is 18.9 Å². The van der Waals surface area contributed by atoms with Crippen LogP contribution in [0.5, 0.6) is 0 Å². The van der Waals surface area contributed by atoms with E-state index in [0.717, 1.165) is 18.4 Å². The number of carbonyl (C=O) groups excluding carboxylic acids is 1. The maximum absolute atomic E-state index is 11.8. The Morgan fingerprint density at radius 1 is 1.71 bits per heavy atom. The standard InChI is InChI=1S/C11H15ClN2O3/c1-2-17-11(15)14-7-3-4-10(14)8(6-13-16)9(12)5-7/h6-7,10,16H,2-5H2,1H3. The van der Waals surface area contributed by atoms with E-state index in [2.05, 4.69) is 5.16 Å². The van der Waals surface area contributed by atoms with Gasteiger partial charge in [0.15, 0.2) is 0 Å². The van der Waals surface area contributed by atoms with E-state index in [4.69, 9.17) is 21.5 Å². The molecule has 6 heteroatoms. The van der Waals surface area contributed by atoms with E-state index in [0.29, 0.717) is 18.1 Å². The monoisotopic (exact) mass is 258 g/mol. The summed E-state index contributed by atoms with van der Waals surface area (Å²) in [6, 6.07) is -0.00130. The van der Waals surface area contributed by atoms with E-state index in [1.54, 1.807) is 11.8 Å². The third-order valence-electron chi connectivity index (χ3n) is 3.27. The molecule has 2 heterocycles. The molecule has 0 aromatic rings. The van der Waals surface area contributed by atoms with E-state index in [1.807, 2.05) is 0 Å². The van der Waals surface area contributed by atoms with Crippen LogP contribution in [0.15, 0.2) is 15.8 Å². The summed E-state index contributed by atoms with van der Waals surface area (Å²) in [7, 11) is 0. The van der Waals surface area contributed by atoms with Gasteiger partial charge < -0.3 is 9.94 Å². The van der Waals surface area contributed by atoms with Gasteiger partial charge in [0.25, 0.3) is 0 Å². The van der Waals surface area contributed by atoms with Crippen LogP contribution >= 0.6 is 11.6 Å². The van der Waals surface area contributed by atoms with Crippen LogP contribution in [0, 0.1) is 0 Å². The molecule has 0 aromatic carbocycles. The predicted molar refractivity (Wildman–Crippen MR) is 63.4 cm³/mol. The number of hydrogen-bond donors (Lipinski definition) is 1. The molecule has 1 fully saturated rings. The van der Waals surface area contributed by atoms with E-state index in [1.165, 1.54) is 6.21 Å². The molecule has 1 amide bonds. The molecule has 2 atom stereocenters. The number of hydrogen-bond acceptors (Lipinski definition) is 4. The number of carbonyl (C=O) groups is 1. The van der Waals surface area contributed by atoms with E-state index < -0.39 is 0 Å². The van der Waals surface area contributed by atoms with Crippen molar-refractivity contribution in [3.05, 3.63) is 10.6 Å². The fraction of sp³-hybridized carbons (Fsp3) is 0.636. The van der Waals surface area contributed by atoms with Gasteiger partial charge in [-0.1, -0.05) is 16.8 Å². The second-order valence-electron chi connectivity index (χ2n) is 4.16. The van der Waals surface area contributed by atoms with Crippen molar-refractivity contribution in [1.29, 1.82) is 0 Å². The first-order valence-corrected chi connectivity index (χ1v) is 6.07. The molecule has 1 N–H and O–H groups in total. The molecule has 94 valence electrons. The summed E-state index contributed by atoms with van der Waals surface area (Å²) < 4.78 is 5.04. The molecule has 17 heavy (non-hydrogen) atoms. The second-order valence-corrected chi connectivity index (χ2v) is 4.62. The van der Waals surface area contributed by atoms with Crippen molar-refractivity contribution in [3.63, 3.8) is 0 Å². The molecule has 2 bridgehead atoms. The van der Waals surface area contributed by atoms with E-state index >= 15 is 0 Å². The lowest BCUT2D eigenvalue weighted by Crippen LogP contribution is -2.45. The Kier molecular flexibility index (Phi) is 3.57. The molecule has 2 rings (SSSR count). The minimum atomic E-state index is -0.312. The van der Waals surface area contributed by atoms with Crippen LogP contribution in [0.3, 0.4) is 0 Å². The van der Waals surface area contributed by atoms with Crippen molar-refractivity contribution >= 4 is 23.9 Å². The van der Waals surface area contributed by atoms with Gasteiger partial charge in [-0.25, -0.2) is 4.79 Å². The number of halogens is 1. The highest BCUT2D eigenvalue weighted by Gasteiger charge is 2.43. The van der Waals surface area contributed by atoms with Crippen molar-refractivity contribution in [2.45, 2.75) is 38.3 Å². The first-order chi connectivity index (χ1) is 8.19. The van der Waals surface area contributed by atoms with Crippen LogP contribution in [-0.2, 0) is 4.74 Å². The number of nitrogens with zero attached hydrogens (tertiary/aromatic N) is 2. The van der Waals surface area contributed by atoms with E-state index in [-0.39, 0.29) is 18.2 Å². The Morgan fingerprint density at radius 2 is 2.47 bits per heavy atom. The highest BCUT2D eigenvalue weighted by Crippen LogP contribution is 2.40. The minimum absolute atomic E-state index is 0.113. The summed E-state index contributed by atoms with van der Waals surface area (Å²) in [5, 5.41) is 12.3. The quantitative estimate of drug-likeness (QED) is 0.470. The average molecular weight is 259 g/mol. The lowest BCUT2D eigenvalue weighted by molar-refractivity contribution is 0.0912. The number of fused-ring (bicyclic) bond motifs is 2. The second kappa shape index (κ2) is 4.96. The Morgan fingerprint density at radius 3 is 3.12 bits per heavy atom. The molecule has 2 unspecified atom stereocenters. The highest BCUT2D eigenvalue weighted by atomic mass is 35.5. The average Bonchev–Trinajstić information content (AvgIpc) is 2.62. The normalized spacial score (nSPS) is 28.0. The number of amides is 1. The lowest BCUT2D eigenvalue weighted by Gasteiger charge is -2.34. The molecule has 0 aromatic heterocycles. The Hall–Kier alpha value is -1.23. The molecular formula is C11H15ClN2O3. The maximum Gasteiger partial charge on any atom is 0.410 e. The van der Waals surface area contributed by atoms with Gasteiger partial charge >= 0.3 is 6.09 Å².